The molecule has 1 aromatic carbocycles. The molecule has 3 N–H and O–H groups in total. The molecular formula is C17H20N2O. The second-order valence-corrected chi connectivity index (χ2v) is 5.68. The fourth-order valence-corrected chi connectivity index (χ4v) is 3.25. The SMILES string of the molecule is Cc1ccc(C(O)C2(CN)CCc3ccccc32)nc1. The summed E-state index contributed by atoms with van der Waals surface area (Å²) in [6, 6.07) is 12.2. The molecule has 2 atom stereocenters. The van der Waals surface area contributed by atoms with E-state index in [0.717, 1.165) is 18.4 Å². The van der Waals surface area contributed by atoms with Crippen molar-refractivity contribution in [3.8, 4) is 0 Å². The predicted molar refractivity (Wildman–Crippen MR) is 79.4 cm³/mol. The van der Waals surface area contributed by atoms with E-state index in [1.807, 2.05) is 31.2 Å². The molecule has 0 aliphatic heterocycles. The Labute approximate surface area is 119 Å². The van der Waals surface area contributed by atoms with Gasteiger partial charge in [-0.3, -0.25) is 4.98 Å². The van der Waals surface area contributed by atoms with Crippen LogP contribution in [0.1, 0.15) is 34.9 Å². The molecule has 0 saturated heterocycles. The number of nitrogens with zero attached hydrogens (tertiary/aromatic N) is 1. The Kier molecular flexibility index (Phi) is 3.32. The van der Waals surface area contributed by atoms with E-state index >= 15 is 0 Å². The van der Waals surface area contributed by atoms with Crippen LogP contribution in [-0.4, -0.2) is 16.6 Å². The topological polar surface area (TPSA) is 59.1 Å². The molecule has 0 amide bonds. The Morgan fingerprint density at radius 2 is 2.10 bits per heavy atom. The molecule has 104 valence electrons. The van der Waals surface area contributed by atoms with E-state index in [1.54, 1.807) is 6.20 Å². The Hall–Kier alpha value is -1.71. The minimum atomic E-state index is -0.656. The summed E-state index contributed by atoms with van der Waals surface area (Å²) in [5, 5.41) is 10.9. The van der Waals surface area contributed by atoms with Crippen LogP contribution in [-0.2, 0) is 11.8 Å². The molecule has 1 heterocycles. The highest BCUT2D eigenvalue weighted by Crippen LogP contribution is 2.46. The van der Waals surface area contributed by atoms with Crippen LogP contribution >= 0.6 is 0 Å². The summed E-state index contributed by atoms with van der Waals surface area (Å²) in [6.45, 7) is 2.42. The van der Waals surface area contributed by atoms with E-state index < -0.39 is 11.5 Å². The molecule has 3 rings (SSSR count). The predicted octanol–water partition coefficient (Wildman–Crippen LogP) is 2.27. The summed E-state index contributed by atoms with van der Waals surface area (Å²) >= 11 is 0. The third-order valence-corrected chi connectivity index (χ3v) is 4.50. The molecular weight excluding hydrogens is 248 g/mol. The fraction of sp³-hybridized carbons (Fsp3) is 0.353. The van der Waals surface area contributed by atoms with Gasteiger partial charge in [0.2, 0.25) is 0 Å². The van der Waals surface area contributed by atoms with Crippen molar-refractivity contribution in [3.63, 3.8) is 0 Å². The number of hydrogen-bond donors (Lipinski definition) is 2. The van der Waals surface area contributed by atoms with Crippen molar-refractivity contribution in [2.24, 2.45) is 5.73 Å². The number of aliphatic hydroxyl groups is 1. The van der Waals surface area contributed by atoms with Gasteiger partial charge in [-0.2, -0.15) is 0 Å². The fourth-order valence-electron chi connectivity index (χ4n) is 3.25. The molecule has 2 aromatic rings. The van der Waals surface area contributed by atoms with Crippen LogP contribution in [0.3, 0.4) is 0 Å². The maximum atomic E-state index is 10.9. The van der Waals surface area contributed by atoms with Crippen LogP contribution in [0.25, 0.3) is 0 Å². The average Bonchev–Trinajstić information content (AvgIpc) is 2.87. The zero-order chi connectivity index (χ0) is 14.2. The van der Waals surface area contributed by atoms with Gasteiger partial charge in [0.25, 0.3) is 0 Å². The zero-order valence-electron chi connectivity index (χ0n) is 11.7. The largest absolute Gasteiger partial charge is 0.386 e. The number of hydrogen-bond acceptors (Lipinski definition) is 3. The highest BCUT2D eigenvalue weighted by atomic mass is 16.3. The molecule has 1 aliphatic carbocycles. The summed E-state index contributed by atoms with van der Waals surface area (Å²) in [5.74, 6) is 0. The van der Waals surface area contributed by atoms with Crippen molar-refractivity contribution in [3.05, 3.63) is 65.0 Å². The van der Waals surface area contributed by atoms with Gasteiger partial charge in [-0.15, -0.1) is 0 Å². The molecule has 20 heavy (non-hydrogen) atoms. The van der Waals surface area contributed by atoms with Crippen LogP contribution in [0.2, 0.25) is 0 Å². The quantitative estimate of drug-likeness (QED) is 0.897. The molecule has 0 bridgehead atoms. The molecule has 0 radical (unpaired) electrons. The summed E-state index contributed by atoms with van der Waals surface area (Å²) in [5.41, 5.74) is 9.93. The van der Waals surface area contributed by atoms with Gasteiger partial charge in [0, 0.05) is 18.2 Å². The number of nitrogens with two attached hydrogens (primary N) is 1. The number of aryl methyl sites for hydroxylation is 2. The molecule has 2 unspecified atom stereocenters. The zero-order valence-corrected chi connectivity index (χ0v) is 11.7. The van der Waals surface area contributed by atoms with Gasteiger partial charge in [-0.1, -0.05) is 30.3 Å². The lowest BCUT2D eigenvalue weighted by Gasteiger charge is -2.34. The molecule has 0 saturated carbocycles. The van der Waals surface area contributed by atoms with E-state index in [2.05, 4.69) is 17.1 Å². The maximum absolute atomic E-state index is 10.9. The molecule has 1 aliphatic rings. The van der Waals surface area contributed by atoms with Gasteiger partial charge in [-0.25, -0.2) is 0 Å². The second-order valence-electron chi connectivity index (χ2n) is 5.68. The van der Waals surface area contributed by atoms with Crippen molar-refractivity contribution in [1.82, 2.24) is 4.98 Å². The van der Waals surface area contributed by atoms with Crippen molar-refractivity contribution >= 4 is 0 Å². The first-order chi connectivity index (χ1) is 9.67. The van der Waals surface area contributed by atoms with E-state index in [1.165, 1.54) is 11.1 Å². The van der Waals surface area contributed by atoms with Crippen LogP contribution < -0.4 is 5.73 Å². The van der Waals surface area contributed by atoms with Gasteiger partial charge in [0.15, 0.2) is 0 Å². The number of aliphatic hydroxyl groups excluding tert-OH is 1. The van der Waals surface area contributed by atoms with Crippen LogP contribution in [0, 0.1) is 6.92 Å². The molecule has 3 heteroatoms. The van der Waals surface area contributed by atoms with Crippen LogP contribution in [0.15, 0.2) is 42.6 Å². The van der Waals surface area contributed by atoms with Crippen LogP contribution in [0.4, 0.5) is 0 Å². The lowest BCUT2D eigenvalue weighted by molar-refractivity contribution is 0.0802. The summed E-state index contributed by atoms with van der Waals surface area (Å²) in [7, 11) is 0. The van der Waals surface area contributed by atoms with Crippen molar-refractivity contribution in [1.29, 1.82) is 0 Å². The first-order valence-corrected chi connectivity index (χ1v) is 7.06. The lowest BCUT2D eigenvalue weighted by atomic mass is 9.75. The van der Waals surface area contributed by atoms with Gasteiger partial charge >= 0.3 is 0 Å². The number of benzene rings is 1. The molecule has 0 fully saturated rings. The van der Waals surface area contributed by atoms with Crippen LogP contribution in [0.5, 0.6) is 0 Å². The number of pyridine rings is 1. The minimum Gasteiger partial charge on any atom is -0.386 e. The lowest BCUT2D eigenvalue weighted by Crippen LogP contribution is -2.39. The first-order valence-electron chi connectivity index (χ1n) is 7.06. The highest BCUT2D eigenvalue weighted by Gasteiger charge is 2.44. The monoisotopic (exact) mass is 268 g/mol. The Bertz CT molecular complexity index is 609. The van der Waals surface area contributed by atoms with Gasteiger partial charge in [0.1, 0.15) is 6.10 Å². The number of fused-ring (bicyclic) bond motifs is 1. The van der Waals surface area contributed by atoms with E-state index in [4.69, 9.17) is 5.73 Å². The Morgan fingerprint density at radius 1 is 1.30 bits per heavy atom. The minimum absolute atomic E-state index is 0.404. The smallest absolute Gasteiger partial charge is 0.107 e. The number of aromatic nitrogens is 1. The maximum Gasteiger partial charge on any atom is 0.107 e. The molecule has 1 aromatic heterocycles. The Morgan fingerprint density at radius 3 is 2.80 bits per heavy atom. The van der Waals surface area contributed by atoms with Gasteiger partial charge in [0.05, 0.1) is 5.69 Å². The number of rotatable bonds is 3. The third kappa shape index (κ3) is 1.94. The van der Waals surface area contributed by atoms with Gasteiger partial charge < -0.3 is 10.8 Å². The van der Waals surface area contributed by atoms with E-state index in [9.17, 15) is 5.11 Å². The molecule has 0 spiro atoms. The van der Waals surface area contributed by atoms with Crippen molar-refractivity contribution in [2.45, 2.75) is 31.3 Å². The van der Waals surface area contributed by atoms with Crippen molar-refractivity contribution in [2.75, 3.05) is 6.54 Å². The van der Waals surface area contributed by atoms with E-state index in [0.29, 0.717) is 12.2 Å². The normalized spacial score (nSPS) is 22.6. The summed E-state index contributed by atoms with van der Waals surface area (Å²) < 4.78 is 0. The van der Waals surface area contributed by atoms with E-state index in [-0.39, 0.29) is 0 Å². The third-order valence-electron chi connectivity index (χ3n) is 4.50. The summed E-state index contributed by atoms with van der Waals surface area (Å²) in [4.78, 5) is 4.38. The second kappa shape index (κ2) is 5.00. The first kappa shape index (κ1) is 13.3. The van der Waals surface area contributed by atoms with Crippen molar-refractivity contribution < 1.29 is 5.11 Å². The Balaban J connectivity index is 2.04. The average molecular weight is 268 g/mol. The highest BCUT2D eigenvalue weighted by molar-refractivity contribution is 5.42. The molecule has 3 nitrogen and oxygen atoms in total. The summed E-state index contributed by atoms with van der Waals surface area (Å²) in [6.07, 6.45) is 2.98. The van der Waals surface area contributed by atoms with Gasteiger partial charge in [-0.05, 0) is 42.5 Å². The standard InChI is InChI=1S/C17H20N2O/c1-12-6-7-15(19-10-12)16(20)17(11-18)9-8-13-4-2-3-5-14(13)17/h2-7,10,16,20H,8-9,11,18H2,1H3.